The van der Waals surface area contributed by atoms with Crippen LogP contribution in [0.15, 0.2) is 24.3 Å². The second kappa shape index (κ2) is 24.1. The van der Waals surface area contributed by atoms with E-state index in [1.54, 1.807) is 0 Å². The third-order valence-electron chi connectivity index (χ3n) is 8.75. The molecule has 0 heterocycles. The molecule has 0 amide bonds. The zero-order chi connectivity index (χ0) is 26.9. The molecule has 0 aliphatic carbocycles. The van der Waals surface area contributed by atoms with Crippen molar-refractivity contribution in [2.75, 3.05) is 0 Å². The molecule has 1 heteroatoms. The number of aromatic hydroxyl groups is 1. The van der Waals surface area contributed by atoms with Crippen LogP contribution in [0.2, 0.25) is 0 Å². The standard InChI is InChI=1S/C36H66O/c1-4-7-10-12-14-16-18-20-22-27-32-36(31-26-9-6-3,34-29-24-25-30-35(34)37)33-28-23-21-19-17-15-13-11-8-5-2/h24-25,29-30,37H,4-23,26-28,31-33H2,1-3H3. The van der Waals surface area contributed by atoms with Gasteiger partial charge in [0.2, 0.25) is 0 Å². The van der Waals surface area contributed by atoms with E-state index in [-0.39, 0.29) is 5.41 Å². The first-order valence-electron chi connectivity index (χ1n) is 17.0. The molecule has 0 saturated carbocycles. The van der Waals surface area contributed by atoms with E-state index in [1.165, 1.54) is 173 Å². The van der Waals surface area contributed by atoms with Gasteiger partial charge >= 0.3 is 0 Å². The fourth-order valence-corrected chi connectivity index (χ4v) is 6.32. The first kappa shape index (κ1) is 34.0. The molecular weight excluding hydrogens is 448 g/mol. The molecule has 0 fully saturated rings. The summed E-state index contributed by atoms with van der Waals surface area (Å²) in [5.74, 6) is 0.540. The smallest absolute Gasteiger partial charge is 0.119 e. The molecule has 0 aromatic heterocycles. The number of phenols is 1. The number of benzene rings is 1. The van der Waals surface area contributed by atoms with Crippen LogP contribution in [0.25, 0.3) is 0 Å². The fraction of sp³-hybridized carbons (Fsp3) is 0.833. The van der Waals surface area contributed by atoms with Crippen LogP contribution in [-0.4, -0.2) is 5.11 Å². The minimum absolute atomic E-state index is 0.167. The predicted molar refractivity (Wildman–Crippen MR) is 167 cm³/mol. The SMILES string of the molecule is CCCCCCCCCCCCC(CCCCC)(CCCCCCCCCCCC)c1ccccc1O. The summed E-state index contributed by atoms with van der Waals surface area (Å²) in [7, 11) is 0. The Morgan fingerprint density at radius 1 is 0.432 bits per heavy atom. The van der Waals surface area contributed by atoms with Gasteiger partial charge in [-0.3, -0.25) is 0 Å². The number of para-hydroxylation sites is 1. The summed E-state index contributed by atoms with van der Waals surface area (Å²) in [6.07, 6.45) is 35.5. The highest BCUT2D eigenvalue weighted by atomic mass is 16.3. The van der Waals surface area contributed by atoms with Crippen LogP contribution < -0.4 is 0 Å². The average Bonchev–Trinajstić information content (AvgIpc) is 2.91. The van der Waals surface area contributed by atoms with Crippen LogP contribution in [0, 0.1) is 0 Å². The summed E-state index contributed by atoms with van der Waals surface area (Å²) in [4.78, 5) is 0. The molecule has 0 bridgehead atoms. The maximum absolute atomic E-state index is 10.9. The number of unbranched alkanes of at least 4 members (excludes halogenated alkanes) is 20. The monoisotopic (exact) mass is 515 g/mol. The molecule has 0 spiro atoms. The molecule has 0 aliphatic rings. The highest BCUT2D eigenvalue weighted by Gasteiger charge is 2.32. The van der Waals surface area contributed by atoms with Crippen molar-refractivity contribution >= 4 is 0 Å². The van der Waals surface area contributed by atoms with E-state index in [2.05, 4.69) is 32.9 Å². The summed E-state index contributed by atoms with van der Waals surface area (Å²) in [6.45, 7) is 6.91. The second-order valence-corrected chi connectivity index (χ2v) is 12.1. The van der Waals surface area contributed by atoms with Crippen LogP contribution in [-0.2, 0) is 5.41 Å². The lowest BCUT2D eigenvalue weighted by Gasteiger charge is -2.36. The largest absolute Gasteiger partial charge is 0.508 e. The van der Waals surface area contributed by atoms with E-state index in [4.69, 9.17) is 0 Å². The van der Waals surface area contributed by atoms with E-state index < -0.39 is 0 Å². The van der Waals surface area contributed by atoms with Crippen molar-refractivity contribution in [1.82, 2.24) is 0 Å². The van der Waals surface area contributed by atoms with Gasteiger partial charge in [0.25, 0.3) is 0 Å². The maximum Gasteiger partial charge on any atom is 0.119 e. The van der Waals surface area contributed by atoms with E-state index in [1.807, 2.05) is 12.1 Å². The summed E-state index contributed by atoms with van der Waals surface area (Å²) in [5.41, 5.74) is 1.42. The number of hydrogen-bond donors (Lipinski definition) is 1. The topological polar surface area (TPSA) is 20.2 Å². The first-order chi connectivity index (χ1) is 18.2. The number of hydrogen-bond acceptors (Lipinski definition) is 1. The zero-order valence-electron chi connectivity index (χ0n) is 25.6. The highest BCUT2D eigenvalue weighted by Crippen LogP contribution is 2.44. The highest BCUT2D eigenvalue weighted by molar-refractivity contribution is 5.38. The summed E-state index contributed by atoms with van der Waals surface area (Å²) >= 11 is 0. The Kier molecular flexibility index (Phi) is 22.2. The lowest BCUT2D eigenvalue weighted by molar-refractivity contribution is 0.290. The lowest BCUT2D eigenvalue weighted by Crippen LogP contribution is -2.27. The van der Waals surface area contributed by atoms with Crippen LogP contribution in [0.5, 0.6) is 5.75 Å². The third-order valence-corrected chi connectivity index (χ3v) is 8.75. The molecule has 0 unspecified atom stereocenters. The molecule has 0 aliphatic heterocycles. The van der Waals surface area contributed by atoms with E-state index in [9.17, 15) is 5.11 Å². The molecule has 1 aromatic carbocycles. The van der Waals surface area contributed by atoms with Crippen molar-refractivity contribution in [1.29, 1.82) is 0 Å². The lowest BCUT2D eigenvalue weighted by atomic mass is 9.69. The molecule has 1 aromatic rings. The Morgan fingerprint density at radius 3 is 1.11 bits per heavy atom. The molecular formula is C36H66O. The van der Waals surface area contributed by atoms with Gasteiger partial charge in [-0.25, -0.2) is 0 Å². The van der Waals surface area contributed by atoms with E-state index in [0.29, 0.717) is 5.75 Å². The third kappa shape index (κ3) is 16.6. The minimum atomic E-state index is 0.167. The van der Waals surface area contributed by atoms with Gasteiger partial charge in [0.1, 0.15) is 5.75 Å². The normalized spacial score (nSPS) is 11.9. The summed E-state index contributed by atoms with van der Waals surface area (Å²) in [5, 5.41) is 10.9. The molecule has 1 N–H and O–H groups in total. The quantitative estimate of drug-likeness (QED) is 0.116. The number of rotatable bonds is 27. The van der Waals surface area contributed by atoms with Gasteiger partial charge in [-0.1, -0.05) is 187 Å². The average molecular weight is 515 g/mol. The van der Waals surface area contributed by atoms with Crippen molar-refractivity contribution in [3.63, 3.8) is 0 Å². The molecule has 37 heavy (non-hydrogen) atoms. The van der Waals surface area contributed by atoms with Gasteiger partial charge in [0.15, 0.2) is 0 Å². The molecule has 216 valence electrons. The van der Waals surface area contributed by atoms with Crippen LogP contribution >= 0.6 is 0 Å². The Labute approximate surface area is 233 Å². The van der Waals surface area contributed by atoms with Gasteiger partial charge in [-0.05, 0) is 30.7 Å². The van der Waals surface area contributed by atoms with Gasteiger partial charge in [0, 0.05) is 5.56 Å². The van der Waals surface area contributed by atoms with E-state index >= 15 is 0 Å². The van der Waals surface area contributed by atoms with Gasteiger partial charge in [0.05, 0.1) is 0 Å². The van der Waals surface area contributed by atoms with Crippen molar-refractivity contribution < 1.29 is 5.11 Å². The van der Waals surface area contributed by atoms with Gasteiger partial charge in [-0.15, -0.1) is 0 Å². The fourth-order valence-electron chi connectivity index (χ4n) is 6.32. The summed E-state index contributed by atoms with van der Waals surface area (Å²) in [6, 6.07) is 8.33. The molecule has 0 radical (unpaired) electrons. The van der Waals surface area contributed by atoms with Crippen LogP contribution in [0.3, 0.4) is 0 Å². The number of phenolic OH excluding ortho intramolecular Hbond substituents is 1. The predicted octanol–water partition coefficient (Wildman–Crippen LogP) is 12.8. The Bertz CT molecular complexity index is 582. The second-order valence-electron chi connectivity index (χ2n) is 12.1. The van der Waals surface area contributed by atoms with Gasteiger partial charge in [-0.2, -0.15) is 0 Å². The van der Waals surface area contributed by atoms with Crippen LogP contribution in [0.4, 0.5) is 0 Å². The van der Waals surface area contributed by atoms with E-state index in [0.717, 1.165) is 0 Å². The summed E-state index contributed by atoms with van der Waals surface area (Å²) < 4.78 is 0. The van der Waals surface area contributed by atoms with Crippen molar-refractivity contribution in [2.45, 2.75) is 193 Å². The minimum Gasteiger partial charge on any atom is -0.508 e. The van der Waals surface area contributed by atoms with Crippen molar-refractivity contribution in [2.24, 2.45) is 0 Å². The Hall–Kier alpha value is -0.980. The molecule has 0 atom stereocenters. The Balaban J connectivity index is 2.57. The van der Waals surface area contributed by atoms with Crippen molar-refractivity contribution in [3.05, 3.63) is 29.8 Å². The van der Waals surface area contributed by atoms with Gasteiger partial charge < -0.3 is 5.11 Å². The van der Waals surface area contributed by atoms with Crippen LogP contribution in [0.1, 0.15) is 193 Å². The zero-order valence-corrected chi connectivity index (χ0v) is 25.6. The molecule has 0 saturated heterocycles. The Morgan fingerprint density at radius 2 is 0.730 bits per heavy atom. The molecule has 1 nitrogen and oxygen atoms in total. The first-order valence-corrected chi connectivity index (χ1v) is 17.0. The van der Waals surface area contributed by atoms with Crippen molar-refractivity contribution in [3.8, 4) is 5.75 Å². The molecule has 1 rings (SSSR count). The maximum atomic E-state index is 10.9.